The number of ether oxygens (including phenoxy) is 1. The number of carbonyl (C=O) groups is 5. The molecule has 1 saturated carbocycles. The first kappa shape index (κ1) is 42.0. The minimum atomic E-state index is -0.980. The minimum Gasteiger partial charge on any atom is -0.488 e. The number of nitriles is 1. The Morgan fingerprint density at radius 1 is 0.873 bits per heavy atom. The molecule has 1 aromatic heterocycles. The Morgan fingerprint density at radius 2 is 1.59 bits per heavy atom. The van der Waals surface area contributed by atoms with Crippen molar-refractivity contribution in [3.05, 3.63) is 95.2 Å². The van der Waals surface area contributed by atoms with Crippen LogP contribution < -0.4 is 25.2 Å². The molecule has 0 bridgehead atoms. The highest BCUT2D eigenvalue weighted by atomic mass is 16.5. The highest BCUT2D eigenvalue weighted by Gasteiger charge is 2.64. The van der Waals surface area contributed by atoms with Crippen molar-refractivity contribution < 1.29 is 28.7 Å². The maximum Gasteiger partial charge on any atom is 0.262 e. The molecule has 5 aliphatic rings. The first-order chi connectivity index (χ1) is 30.1. The second kappa shape index (κ2) is 16.1. The Kier molecular flexibility index (Phi) is 10.7. The molecule has 9 rings (SSSR count). The molecule has 5 amide bonds. The van der Waals surface area contributed by atoms with Gasteiger partial charge < -0.3 is 19.9 Å². The zero-order valence-corrected chi connectivity index (χ0v) is 36.5. The number of fused-ring (bicyclic) bond motifs is 2. The molecule has 1 unspecified atom stereocenters. The molecular weight excluding hydrogens is 797 g/mol. The Morgan fingerprint density at radius 3 is 2.29 bits per heavy atom. The lowest BCUT2D eigenvalue weighted by Crippen LogP contribution is -2.74. The van der Waals surface area contributed by atoms with Gasteiger partial charge in [0.05, 0.1) is 22.2 Å². The molecule has 4 fully saturated rings. The molecule has 2 N–H and O–H groups in total. The molecule has 14 heteroatoms. The molecule has 3 aromatic carbocycles. The smallest absolute Gasteiger partial charge is 0.262 e. The van der Waals surface area contributed by atoms with Crippen LogP contribution in [0.15, 0.2) is 72.9 Å². The molecule has 1 aliphatic carbocycles. The van der Waals surface area contributed by atoms with Gasteiger partial charge in [0.25, 0.3) is 17.7 Å². The number of carbonyl (C=O) groups excluding carboxylic acids is 5. The minimum absolute atomic E-state index is 0.0881. The van der Waals surface area contributed by atoms with Crippen LogP contribution in [0.1, 0.15) is 96.9 Å². The number of pyridine rings is 1. The highest BCUT2D eigenvalue weighted by molar-refractivity contribution is 6.23. The number of nitrogens with one attached hydrogen (secondary N) is 2. The molecule has 4 aliphatic heterocycles. The van der Waals surface area contributed by atoms with E-state index in [-0.39, 0.29) is 47.8 Å². The summed E-state index contributed by atoms with van der Waals surface area (Å²) in [7, 11) is 0. The number of piperazine rings is 1. The number of benzene rings is 3. The Labute approximate surface area is 367 Å². The van der Waals surface area contributed by atoms with Crippen molar-refractivity contribution in [1.82, 2.24) is 25.4 Å². The molecule has 5 heterocycles. The molecule has 14 nitrogen and oxygen atoms in total. The molecule has 2 atom stereocenters. The SMILES string of the molecule is C[C@@H]1CN(c2ccc3c(c2)C(=O)N(C2CCC(=O)NC2=O)C3=O)CCN1CC1CCN(c2ccc(C(=O)N[C@H]3C(C)(C)[C@H](Oc4ccc(C#N)c5ncccc45)C3(C)C)cc2)CC1. The highest BCUT2D eigenvalue weighted by Crippen LogP contribution is 2.56. The van der Waals surface area contributed by atoms with Crippen molar-refractivity contribution in [3.8, 4) is 11.8 Å². The summed E-state index contributed by atoms with van der Waals surface area (Å²) in [4.78, 5) is 77.1. The van der Waals surface area contributed by atoms with Gasteiger partial charge in [0.2, 0.25) is 11.8 Å². The van der Waals surface area contributed by atoms with Crippen molar-refractivity contribution in [2.24, 2.45) is 16.7 Å². The van der Waals surface area contributed by atoms with E-state index in [0.717, 1.165) is 73.8 Å². The maximum atomic E-state index is 13.7. The second-order valence-corrected chi connectivity index (χ2v) is 19.1. The van der Waals surface area contributed by atoms with E-state index < -0.39 is 29.7 Å². The average Bonchev–Trinajstić information content (AvgIpc) is 3.52. The van der Waals surface area contributed by atoms with Crippen LogP contribution in [0.3, 0.4) is 0 Å². The Bertz CT molecular complexity index is 2540. The fourth-order valence-electron chi connectivity index (χ4n) is 11.2. The molecule has 63 heavy (non-hydrogen) atoms. The number of hydrogen-bond donors (Lipinski definition) is 2. The van der Waals surface area contributed by atoms with Crippen LogP contribution in [0.25, 0.3) is 10.9 Å². The van der Waals surface area contributed by atoms with Gasteiger partial charge in [-0.05, 0) is 98.8 Å². The van der Waals surface area contributed by atoms with E-state index in [2.05, 4.69) is 83.1 Å². The van der Waals surface area contributed by atoms with Gasteiger partial charge in [-0.3, -0.25) is 44.1 Å². The lowest BCUT2D eigenvalue weighted by molar-refractivity contribution is -0.163. The number of aromatic nitrogens is 1. The number of imide groups is 2. The van der Waals surface area contributed by atoms with Crippen molar-refractivity contribution in [1.29, 1.82) is 5.26 Å². The summed E-state index contributed by atoms with van der Waals surface area (Å²) in [6, 6.07) is 22.0. The van der Waals surface area contributed by atoms with Crippen molar-refractivity contribution >= 4 is 51.8 Å². The predicted molar refractivity (Wildman–Crippen MR) is 237 cm³/mol. The Balaban J connectivity index is 0.751. The summed E-state index contributed by atoms with van der Waals surface area (Å²) in [5.74, 6) is -0.845. The topological polar surface area (TPSA) is 168 Å². The largest absolute Gasteiger partial charge is 0.488 e. The number of piperidine rings is 2. The van der Waals surface area contributed by atoms with Gasteiger partial charge in [0, 0.05) is 97.1 Å². The van der Waals surface area contributed by atoms with Crippen molar-refractivity contribution in [3.63, 3.8) is 0 Å². The number of amides is 5. The summed E-state index contributed by atoms with van der Waals surface area (Å²) in [6.07, 6.45) is 3.86. The zero-order chi connectivity index (χ0) is 44.4. The first-order valence-electron chi connectivity index (χ1n) is 22.1. The predicted octanol–water partition coefficient (Wildman–Crippen LogP) is 5.55. The number of nitrogens with zero attached hydrogens (tertiary/aromatic N) is 6. The summed E-state index contributed by atoms with van der Waals surface area (Å²) < 4.78 is 6.66. The summed E-state index contributed by atoms with van der Waals surface area (Å²) in [5.41, 5.74) is 3.60. The lowest BCUT2D eigenvalue weighted by Gasteiger charge is -2.63. The first-order valence-corrected chi connectivity index (χ1v) is 22.1. The van der Waals surface area contributed by atoms with Crippen LogP contribution in [0.5, 0.6) is 5.75 Å². The van der Waals surface area contributed by atoms with Crippen LogP contribution in [-0.4, -0.2) is 108 Å². The van der Waals surface area contributed by atoms with Crippen LogP contribution in [0.2, 0.25) is 0 Å². The van der Waals surface area contributed by atoms with Gasteiger partial charge in [-0.15, -0.1) is 0 Å². The molecule has 4 aromatic rings. The fraction of sp³-hybridized carbons (Fsp3) is 0.449. The van der Waals surface area contributed by atoms with Gasteiger partial charge in [-0.25, -0.2) is 0 Å². The summed E-state index contributed by atoms with van der Waals surface area (Å²) in [5, 5.41) is 16.0. The third-order valence-corrected chi connectivity index (χ3v) is 14.4. The lowest BCUT2D eigenvalue weighted by atomic mass is 9.49. The van der Waals surface area contributed by atoms with E-state index in [9.17, 15) is 29.2 Å². The molecule has 0 radical (unpaired) electrons. The third-order valence-electron chi connectivity index (χ3n) is 14.4. The van der Waals surface area contributed by atoms with Crippen molar-refractivity contribution in [2.75, 3.05) is 49.1 Å². The molecule has 0 spiro atoms. The van der Waals surface area contributed by atoms with Crippen LogP contribution in [0.4, 0.5) is 11.4 Å². The molecule has 326 valence electrons. The second-order valence-electron chi connectivity index (χ2n) is 19.1. The Hall–Kier alpha value is -6.33. The van der Waals surface area contributed by atoms with E-state index >= 15 is 0 Å². The van der Waals surface area contributed by atoms with Crippen LogP contribution in [-0.2, 0) is 9.59 Å². The normalized spacial score (nSPS) is 24.7. The van der Waals surface area contributed by atoms with Crippen LogP contribution >= 0.6 is 0 Å². The number of anilines is 2. The van der Waals surface area contributed by atoms with Crippen LogP contribution in [0, 0.1) is 28.1 Å². The van der Waals surface area contributed by atoms with Gasteiger partial charge in [0.15, 0.2) is 0 Å². The maximum absolute atomic E-state index is 13.7. The average molecular weight is 851 g/mol. The number of rotatable bonds is 9. The third kappa shape index (κ3) is 7.45. The van der Waals surface area contributed by atoms with E-state index in [1.165, 1.54) is 0 Å². The summed E-state index contributed by atoms with van der Waals surface area (Å²) >= 11 is 0. The molecular formula is C49H54N8O6. The fourth-order valence-corrected chi connectivity index (χ4v) is 11.2. The number of hydrogen-bond acceptors (Lipinski definition) is 11. The van der Waals surface area contributed by atoms with Gasteiger partial charge in [0.1, 0.15) is 24.0 Å². The van der Waals surface area contributed by atoms with Gasteiger partial charge in [-0.2, -0.15) is 5.26 Å². The quantitative estimate of drug-likeness (QED) is 0.203. The summed E-state index contributed by atoms with van der Waals surface area (Å²) in [6.45, 7) is 16.1. The zero-order valence-electron chi connectivity index (χ0n) is 36.5. The van der Waals surface area contributed by atoms with Gasteiger partial charge in [-0.1, -0.05) is 27.7 Å². The van der Waals surface area contributed by atoms with E-state index in [4.69, 9.17) is 4.74 Å². The van der Waals surface area contributed by atoms with E-state index in [1.54, 1.807) is 24.4 Å². The van der Waals surface area contributed by atoms with E-state index in [0.29, 0.717) is 39.4 Å². The van der Waals surface area contributed by atoms with Crippen molar-refractivity contribution in [2.45, 2.75) is 84.5 Å². The van der Waals surface area contributed by atoms with E-state index in [1.807, 2.05) is 36.4 Å². The molecule has 3 saturated heterocycles. The van der Waals surface area contributed by atoms with Gasteiger partial charge >= 0.3 is 0 Å². The monoisotopic (exact) mass is 850 g/mol. The standard InChI is InChI=1S/C49H54N8O6/c1-29-27-56(34-13-14-35-37(25-34)45(62)57(44(35)61)38-15-17-40(58)52-43(38)60)24-23-55(29)28-30-18-21-54(22-19-30)33-11-8-31(9-12-33)42(59)53-46-48(2,3)47(49(46,4)5)63-39-16-10-32(26-50)41-36(39)7-6-20-51-41/h6-14,16,20,25,29-30,38,46-47H,15,17-19,21-24,27-28H2,1-5H3,(H,53,59)(H,52,58,60)/t29-,38?,46-,47-/m1/s1.